The molecule has 4 nitrogen and oxygen atoms in total. The van der Waals surface area contributed by atoms with Gasteiger partial charge in [-0.15, -0.1) is 0 Å². The lowest BCUT2D eigenvalue weighted by atomic mass is 10.0. The third-order valence-corrected chi connectivity index (χ3v) is 6.85. The van der Waals surface area contributed by atoms with Crippen LogP contribution in [0, 0.1) is 0 Å². The minimum atomic E-state index is 0.784. The van der Waals surface area contributed by atoms with Gasteiger partial charge in [0.05, 0.1) is 28.4 Å². The second-order valence-corrected chi connectivity index (χ2v) is 9.41. The van der Waals surface area contributed by atoms with Crippen molar-refractivity contribution < 1.29 is 18.9 Å². The minimum absolute atomic E-state index is 0.784. The van der Waals surface area contributed by atoms with Gasteiger partial charge in [-0.3, -0.25) is 0 Å². The Balaban J connectivity index is 1.51. The summed E-state index contributed by atoms with van der Waals surface area (Å²) in [6, 6.07) is 24.3. The number of hydrogen-bond acceptors (Lipinski definition) is 4. The zero-order chi connectivity index (χ0) is 29.9. The molecule has 0 aliphatic rings. The molecule has 0 bridgehead atoms. The van der Waals surface area contributed by atoms with Crippen LogP contribution in [0.3, 0.4) is 0 Å². The van der Waals surface area contributed by atoms with Crippen molar-refractivity contribution in [3.8, 4) is 23.0 Å². The Morgan fingerprint density at radius 3 is 1.02 bits per heavy atom. The first kappa shape index (κ1) is 29.8. The molecule has 0 spiro atoms. The Hall–Kier alpha value is -5.22. The maximum atomic E-state index is 5.70. The Morgan fingerprint density at radius 1 is 0.381 bits per heavy atom. The Bertz CT molecular complexity index is 1660. The monoisotopic (exact) mass is 556 g/mol. The van der Waals surface area contributed by atoms with Crippen molar-refractivity contribution in [2.24, 2.45) is 0 Å². The number of rotatable bonds is 12. The zero-order valence-corrected chi connectivity index (χ0v) is 24.6. The van der Waals surface area contributed by atoms with Gasteiger partial charge in [0.1, 0.15) is 23.0 Å². The van der Waals surface area contributed by atoms with Crippen LogP contribution in [0.25, 0.3) is 48.6 Å². The lowest BCUT2D eigenvalue weighted by Crippen LogP contribution is -1.90. The van der Waals surface area contributed by atoms with Gasteiger partial charge < -0.3 is 18.9 Å². The Kier molecular flexibility index (Phi) is 10.2. The second kappa shape index (κ2) is 14.4. The molecule has 0 fully saturated rings. The molecule has 0 radical (unpaired) electrons. The van der Waals surface area contributed by atoms with Crippen molar-refractivity contribution in [2.75, 3.05) is 28.4 Å². The van der Waals surface area contributed by atoms with Gasteiger partial charge in [0.15, 0.2) is 0 Å². The molecular formula is C38H36O4. The Labute approximate surface area is 249 Å². The van der Waals surface area contributed by atoms with Gasteiger partial charge in [0, 0.05) is 22.3 Å². The highest BCUT2D eigenvalue weighted by Crippen LogP contribution is 2.29. The topological polar surface area (TPSA) is 36.9 Å². The smallest absolute Gasteiger partial charge is 0.126 e. The predicted octanol–water partition coefficient (Wildman–Crippen LogP) is 9.52. The third kappa shape index (κ3) is 7.29. The van der Waals surface area contributed by atoms with Crippen LogP contribution in [-0.4, -0.2) is 28.4 Å². The van der Waals surface area contributed by atoms with E-state index in [0.29, 0.717) is 0 Å². The number of methoxy groups -OCH3 is 4. The number of benzene rings is 4. The van der Waals surface area contributed by atoms with Gasteiger partial charge in [-0.2, -0.15) is 0 Å². The van der Waals surface area contributed by atoms with Gasteiger partial charge in [-0.25, -0.2) is 0 Å². The van der Waals surface area contributed by atoms with Crippen molar-refractivity contribution >= 4 is 48.6 Å². The molecule has 0 aliphatic carbocycles. The molecule has 0 heterocycles. The minimum Gasteiger partial charge on any atom is -0.496 e. The molecule has 0 saturated heterocycles. The first-order valence-electron chi connectivity index (χ1n) is 13.5. The summed E-state index contributed by atoms with van der Waals surface area (Å²) in [4.78, 5) is 0. The molecule has 4 heteroatoms. The summed E-state index contributed by atoms with van der Waals surface area (Å²) < 4.78 is 22.4. The second-order valence-electron chi connectivity index (χ2n) is 9.41. The van der Waals surface area contributed by atoms with Crippen molar-refractivity contribution in [3.63, 3.8) is 0 Å². The molecule has 212 valence electrons. The molecule has 4 aromatic carbocycles. The molecule has 4 rings (SSSR count). The summed E-state index contributed by atoms with van der Waals surface area (Å²) in [5, 5.41) is 0. The lowest BCUT2D eigenvalue weighted by molar-refractivity contribution is 0.413. The van der Waals surface area contributed by atoms with Crippen LogP contribution in [0.5, 0.6) is 23.0 Å². The molecule has 0 atom stereocenters. The molecule has 0 aromatic heterocycles. The standard InChI is InChI=1S/C38H36O4/c1-7-27-9-17-32(36(23-27)40-4)18-12-29-13-21-34(38(25-29)42-6)22-15-30-14-20-33(37(26-30)41-5)19-11-28-10-16-31(8-2)35(24-28)39-3/h7-26H,1-2H2,3-6H3/b18-12+,19-11+,22-15+. The summed E-state index contributed by atoms with van der Waals surface area (Å²) in [5.41, 5.74) is 7.98. The summed E-state index contributed by atoms with van der Waals surface area (Å²) in [5.74, 6) is 3.16. The van der Waals surface area contributed by atoms with E-state index in [0.717, 1.165) is 67.5 Å². The molecule has 0 unspecified atom stereocenters. The molecule has 0 amide bonds. The molecule has 0 N–H and O–H groups in total. The Morgan fingerprint density at radius 2 is 0.690 bits per heavy atom. The van der Waals surface area contributed by atoms with Crippen molar-refractivity contribution in [1.82, 2.24) is 0 Å². The van der Waals surface area contributed by atoms with E-state index in [2.05, 4.69) is 25.3 Å². The van der Waals surface area contributed by atoms with E-state index in [1.807, 2.05) is 97.1 Å². The maximum absolute atomic E-state index is 5.70. The van der Waals surface area contributed by atoms with E-state index in [1.54, 1.807) is 40.6 Å². The van der Waals surface area contributed by atoms with Gasteiger partial charge in [0.2, 0.25) is 0 Å². The van der Waals surface area contributed by atoms with E-state index in [9.17, 15) is 0 Å². The van der Waals surface area contributed by atoms with Crippen LogP contribution < -0.4 is 18.9 Å². The average molecular weight is 557 g/mol. The van der Waals surface area contributed by atoms with Gasteiger partial charge >= 0.3 is 0 Å². The third-order valence-electron chi connectivity index (χ3n) is 6.85. The number of ether oxygens (including phenoxy) is 4. The fraction of sp³-hybridized carbons (Fsp3) is 0.105. The van der Waals surface area contributed by atoms with Crippen LogP contribution in [-0.2, 0) is 0 Å². The molecular weight excluding hydrogens is 520 g/mol. The first-order chi connectivity index (χ1) is 20.5. The van der Waals surface area contributed by atoms with Crippen LogP contribution in [0.2, 0.25) is 0 Å². The van der Waals surface area contributed by atoms with Crippen molar-refractivity contribution in [2.45, 2.75) is 0 Å². The highest BCUT2D eigenvalue weighted by molar-refractivity contribution is 5.79. The van der Waals surface area contributed by atoms with Crippen LogP contribution in [0.1, 0.15) is 44.5 Å². The summed E-state index contributed by atoms with van der Waals surface area (Å²) in [6.07, 6.45) is 15.8. The highest BCUT2D eigenvalue weighted by atomic mass is 16.5. The normalized spacial score (nSPS) is 11.2. The average Bonchev–Trinajstić information content (AvgIpc) is 3.05. The van der Waals surface area contributed by atoms with Crippen LogP contribution in [0.15, 0.2) is 86.0 Å². The van der Waals surface area contributed by atoms with Gasteiger partial charge in [-0.1, -0.05) is 110 Å². The quantitative estimate of drug-likeness (QED) is 0.163. The van der Waals surface area contributed by atoms with Gasteiger partial charge in [-0.05, 0) is 46.5 Å². The van der Waals surface area contributed by atoms with E-state index < -0.39 is 0 Å². The van der Waals surface area contributed by atoms with E-state index >= 15 is 0 Å². The fourth-order valence-electron chi connectivity index (χ4n) is 4.49. The largest absolute Gasteiger partial charge is 0.496 e. The molecule has 42 heavy (non-hydrogen) atoms. The SMILES string of the molecule is C=Cc1ccc(/C=C/c2ccc(/C=C/c3ccc(/C=C/c4ccc(C=C)c(OC)c4)c(OC)c3)c(OC)c2)c(OC)c1. The fourth-order valence-corrected chi connectivity index (χ4v) is 4.49. The van der Waals surface area contributed by atoms with E-state index in [4.69, 9.17) is 18.9 Å². The lowest BCUT2D eigenvalue weighted by Gasteiger charge is -2.09. The van der Waals surface area contributed by atoms with E-state index in [1.165, 1.54) is 0 Å². The zero-order valence-electron chi connectivity index (χ0n) is 24.6. The summed E-state index contributed by atoms with van der Waals surface area (Å²) in [7, 11) is 6.70. The number of hydrogen-bond donors (Lipinski definition) is 0. The van der Waals surface area contributed by atoms with Crippen molar-refractivity contribution in [1.29, 1.82) is 0 Å². The molecule has 0 aliphatic heterocycles. The maximum Gasteiger partial charge on any atom is 0.126 e. The summed E-state index contributed by atoms with van der Waals surface area (Å²) in [6.45, 7) is 7.66. The molecule has 4 aromatic rings. The summed E-state index contributed by atoms with van der Waals surface area (Å²) >= 11 is 0. The van der Waals surface area contributed by atoms with E-state index in [-0.39, 0.29) is 0 Å². The molecule has 0 saturated carbocycles. The van der Waals surface area contributed by atoms with Crippen LogP contribution in [0.4, 0.5) is 0 Å². The first-order valence-corrected chi connectivity index (χ1v) is 13.5. The highest BCUT2D eigenvalue weighted by Gasteiger charge is 2.05. The van der Waals surface area contributed by atoms with Crippen LogP contribution >= 0.6 is 0 Å². The van der Waals surface area contributed by atoms with Gasteiger partial charge in [0.25, 0.3) is 0 Å². The van der Waals surface area contributed by atoms with Crippen molar-refractivity contribution in [3.05, 3.63) is 130 Å². The predicted molar refractivity (Wildman–Crippen MR) is 179 cm³/mol.